The molecule has 5 nitrogen and oxygen atoms in total. The lowest BCUT2D eigenvalue weighted by Gasteiger charge is -1.98. The van der Waals surface area contributed by atoms with E-state index >= 15 is 0 Å². The first kappa shape index (κ1) is 15.4. The number of halogens is 1. The van der Waals surface area contributed by atoms with Gasteiger partial charge in [-0.3, -0.25) is 4.18 Å². The van der Waals surface area contributed by atoms with Gasteiger partial charge in [-0.15, -0.1) is 10.2 Å². The molecule has 0 bridgehead atoms. The first-order chi connectivity index (χ1) is 9.42. The maximum absolute atomic E-state index is 10.9. The summed E-state index contributed by atoms with van der Waals surface area (Å²) in [5, 5.41) is 10.0. The molecule has 0 aliphatic carbocycles. The maximum atomic E-state index is 10.9. The van der Waals surface area contributed by atoms with Crippen molar-refractivity contribution in [1.82, 2.24) is 10.2 Å². The van der Waals surface area contributed by atoms with Gasteiger partial charge in [-0.1, -0.05) is 35.1 Å². The summed E-state index contributed by atoms with van der Waals surface area (Å²) in [6, 6.07) is 7.64. The Labute approximate surface area is 126 Å². The molecule has 0 atom stereocenters. The summed E-state index contributed by atoms with van der Waals surface area (Å²) < 4.78 is 26.4. The molecule has 1 heterocycles. The molecule has 1 aromatic heterocycles. The minimum absolute atomic E-state index is 0.0581. The van der Waals surface area contributed by atoms with Crippen LogP contribution in [-0.4, -0.2) is 24.9 Å². The van der Waals surface area contributed by atoms with Crippen molar-refractivity contribution in [3.63, 3.8) is 0 Å². The Bertz CT molecular complexity index is 668. The number of rotatable bonds is 6. The summed E-state index contributed by atoms with van der Waals surface area (Å²) in [4.78, 5) is 0. The fourth-order valence-corrected chi connectivity index (χ4v) is 2.79. The van der Waals surface area contributed by atoms with Crippen molar-refractivity contribution in [3.8, 4) is 0 Å². The van der Waals surface area contributed by atoms with Crippen LogP contribution in [0.3, 0.4) is 0 Å². The Morgan fingerprint density at radius 3 is 2.45 bits per heavy atom. The number of benzene rings is 1. The fourth-order valence-electron chi connectivity index (χ4n) is 1.51. The predicted molar refractivity (Wildman–Crippen MR) is 78.4 cm³/mol. The monoisotopic (exact) mass is 332 g/mol. The van der Waals surface area contributed by atoms with E-state index in [1.807, 2.05) is 24.3 Å². The third-order valence-electron chi connectivity index (χ3n) is 2.45. The highest BCUT2D eigenvalue weighted by molar-refractivity contribution is 7.85. The van der Waals surface area contributed by atoms with Gasteiger partial charge in [-0.05, 0) is 24.1 Å². The molecule has 2 rings (SSSR count). The summed E-state index contributed by atoms with van der Waals surface area (Å²) in [5.41, 5.74) is 1.17. The van der Waals surface area contributed by atoms with Crippen molar-refractivity contribution in [2.75, 3.05) is 6.26 Å². The number of aryl methyl sites for hydroxylation is 2. The Kier molecular flexibility index (Phi) is 5.09. The number of nitrogens with zero attached hydrogens (tertiary/aromatic N) is 2. The molecule has 0 N–H and O–H groups in total. The molecule has 108 valence electrons. The summed E-state index contributed by atoms with van der Waals surface area (Å²) in [6.07, 6.45) is 2.59. The van der Waals surface area contributed by atoms with Crippen LogP contribution in [0.5, 0.6) is 0 Å². The highest BCUT2D eigenvalue weighted by Gasteiger charge is 2.08. The van der Waals surface area contributed by atoms with Gasteiger partial charge in [0.25, 0.3) is 10.1 Å². The van der Waals surface area contributed by atoms with E-state index in [1.54, 1.807) is 0 Å². The van der Waals surface area contributed by atoms with Gasteiger partial charge in [-0.2, -0.15) is 8.42 Å². The van der Waals surface area contributed by atoms with Crippen LogP contribution in [0.25, 0.3) is 0 Å². The lowest BCUT2D eigenvalue weighted by molar-refractivity contribution is 0.310. The average Bonchev–Trinajstić information content (AvgIpc) is 2.83. The minimum Gasteiger partial charge on any atom is -0.263 e. The Morgan fingerprint density at radius 1 is 1.15 bits per heavy atom. The SMILES string of the molecule is CS(=O)(=O)OCc1nnc(CCc2ccc(Cl)cc2)s1. The predicted octanol–water partition coefficient (Wildman–Crippen LogP) is 2.45. The van der Waals surface area contributed by atoms with Gasteiger partial charge >= 0.3 is 0 Å². The molecule has 0 spiro atoms. The van der Waals surface area contributed by atoms with E-state index < -0.39 is 10.1 Å². The number of hydrogen-bond donors (Lipinski definition) is 0. The molecule has 20 heavy (non-hydrogen) atoms. The second-order valence-corrected chi connectivity index (χ2v) is 7.41. The quantitative estimate of drug-likeness (QED) is 0.760. The van der Waals surface area contributed by atoms with Crippen LogP contribution in [0, 0.1) is 0 Å². The molecule has 0 amide bonds. The number of aromatic nitrogens is 2. The highest BCUT2D eigenvalue weighted by Crippen LogP contribution is 2.15. The molecule has 8 heteroatoms. The van der Waals surface area contributed by atoms with Gasteiger partial charge in [0.2, 0.25) is 0 Å². The van der Waals surface area contributed by atoms with Crippen LogP contribution < -0.4 is 0 Å². The summed E-state index contributed by atoms with van der Waals surface area (Å²) in [7, 11) is -3.45. The molecule has 0 saturated carbocycles. The molecule has 0 aliphatic heterocycles. The van der Waals surface area contributed by atoms with Gasteiger partial charge in [0, 0.05) is 11.4 Å². The lowest BCUT2D eigenvalue weighted by atomic mass is 10.1. The van der Waals surface area contributed by atoms with E-state index in [9.17, 15) is 8.42 Å². The maximum Gasteiger partial charge on any atom is 0.264 e. The Hall–Kier alpha value is -1.02. The van der Waals surface area contributed by atoms with Gasteiger partial charge in [0.15, 0.2) is 0 Å². The standard InChI is InChI=1S/C12H13ClN2O3S2/c1-20(16,17)18-8-12-15-14-11(19-12)7-4-9-2-5-10(13)6-3-9/h2-3,5-6H,4,7-8H2,1H3. The van der Waals surface area contributed by atoms with Gasteiger partial charge in [0.1, 0.15) is 16.6 Å². The topological polar surface area (TPSA) is 69.2 Å². The molecule has 0 unspecified atom stereocenters. The van der Waals surface area contributed by atoms with Crippen LogP contribution in [0.4, 0.5) is 0 Å². The van der Waals surface area contributed by atoms with Crippen molar-refractivity contribution < 1.29 is 12.6 Å². The molecule has 0 aliphatic rings. The van der Waals surface area contributed by atoms with E-state index in [0.29, 0.717) is 10.0 Å². The normalized spacial score (nSPS) is 11.7. The molecule has 0 fully saturated rings. The van der Waals surface area contributed by atoms with Crippen LogP contribution in [0.15, 0.2) is 24.3 Å². The first-order valence-corrected chi connectivity index (χ1v) is 8.83. The van der Waals surface area contributed by atoms with Crippen molar-refractivity contribution in [2.24, 2.45) is 0 Å². The average molecular weight is 333 g/mol. The van der Waals surface area contributed by atoms with E-state index in [0.717, 1.165) is 24.1 Å². The highest BCUT2D eigenvalue weighted by atomic mass is 35.5. The summed E-state index contributed by atoms with van der Waals surface area (Å²) in [6.45, 7) is -0.0581. The van der Waals surface area contributed by atoms with E-state index in [1.165, 1.54) is 16.9 Å². The van der Waals surface area contributed by atoms with Gasteiger partial charge in [-0.25, -0.2) is 0 Å². The van der Waals surface area contributed by atoms with Crippen molar-refractivity contribution in [2.45, 2.75) is 19.4 Å². The second kappa shape index (κ2) is 6.62. The first-order valence-electron chi connectivity index (χ1n) is 5.82. The van der Waals surface area contributed by atoms with Crippen molar-refractivity contribution in [1.29, 1.82) is 0 Å². The van der Waals surface area contributed by atoms with Gasteiger partial charge in [0.05, 0.1) is 6.26 Å². The zero-order valence-corrected chi connectivity index (χ0v) is 13.1. The second-order valence-electron chi connectivity index (χ2n) is 4.18. The zero-order valence-electron chi connectivity index (χ0n) is 10.7. The summed E-state index contributed by atoms with van der Waals surface area (Å²) >= 11 is 7.18. The van der Waals surface area contributed by atoms with Crippen LogP contribution >= 0.6 is 22.9 Å². The molecule has 0 saturated heterocycles. The van der Waals surface area contributed by atoms with E-state index in [4.69, 9.17) is 11.6 Å². The van der Waals surface area contributed by atoms with E-state index in [-0.39, 0.29) is 6.61 Å². The minimum atomic E-state index is -3.45. The van der Waals surface area contributed by atoms with Crippen LogP contribution in [0.1, 0.15) is 15.6 Å². The third kappa shape index (κ3) is 5.16. The molecule has 2 aromatic rings. The number of hydrogen-bond acceptors (Lipinski definition) is 6. The largest absolute Gasteiger partial charge is 0.264 e. The van der Waals surface area contributed by atoms with Gasteiger partial charge < -0.3 is 0 Å². The van der Waals surface area contributed by atoms with Crippen LogP contribution in [0.2, 0.25) is 5.02 Å². The van der Waals surface area contributed by atoms with Crippen molar-refractivity contribution >= 4 is 33.1 Å². The smallest absolute Gasteiger partial charge is 0.263 e. The summed E-state index contributed by atoms with van der Waals surface area (Å²) in [5.74, 6) is 0. The molecule has 0 radical (unpaired) electrons. The van der Waals surface area contributed by atoms with E-state index in [2.05, 4.69) is 14.4 Å². The molecular weight excluding hydrogens is 320 g/mol. The fraction of sp³-hybridized carbons (Fsp3) is 0.333. The molecular formula is C12H13ClN2O3S2. The Balaban J connectivity index is 1.88. The van der Waals surface area contributed by atoms with Crippen LogP contribution in [-0.2, 0) is 33.7 Å². The molecule has 1 aromatic carbocycles. The zero-order chi connectivity index (χ0) is 14.6. The Morgan fingerprint density at radius 2 is 1.80 bits per heavy atom. The lowest BCUT2D eigenvalue weighted by Crippen LogP contribution is -2.02. The van der Waals surface area contributed by atoms with Crippen molar-refractivity contribution in [3.05, 3.63) is 44.9 Å². The third-order valence-corrected chi connectivity index (χ3v) is 4.20.